The van der Waals surface area contributed by atoms with Gasteiger partial charge in [-0.2, -0.15) is 10.5 Å². The van der Waals surface area contributed by atoms with Crippen LogP contribution in [-0.2, 0) is 10.2 Å². The molecule has 3 N–H and O–H groups in total. The first-order valence-corrected chi connectivity index (χ1v) is 8.74. The van der Waals surface area contributed by atoms with Crippen LogP contribution in [0.2, 0.25) is 0 Å². The van der Waals surface area contributed by atoms with E-state index < -0.39 is 5.41 Å². The standard InChI is InChI=1S/C21H22N6O/c1-14(26-13-28)20(16-5-7-19(25-11-16)21(2,3)12-24)27-18-6-4-15(9-22)8-17(18)10-23/h4-8,10-11,13-14,20,23,27H,1-3H3,(H,26,28)/t14?,20-/m0/s1. The van der Waals surface area contributed by atoms with E-state index in [0.29, 0.717) is 28.9 Å². The molecule has 0 saturated carbocycles. The fraction of sp³-hybridized carbons (Fsp3) is 0.286. The molecule has 2 aromatic rings. The Labute approximate surface area is 164 Å². The molecule has 0 saturated heterocycles. The number of nitriles is 2. The van der Waals surface area contributed by atoms with Crippen LogP contribution in [-0.4, -0.2) is 23.7 Å². The van der Waals surface area contributed by atoms with Crippen molar-refractivity contribution >= 4 is 18.3 Å². The third-order valence-electron chi connectivity index (χ3n) is 4.54. The Morgan fingerprint density at radius 1 is 1.25 bits per heavy atom. The van der Waals surface area contributed by atoms with Gasteiger partial charge >= 0.3 is 0 Å². The molecule has 0 fully saturated rings. The molecule has 1 amide bonds. The van der Waals surface area contributed by atoms with Gasteiger partial charge in [-0.05, 0) is 50.6 Å². The van der Waals surface area contributed by atoms with Gasteiger partial charge in [0.2, 0.25) is 6.41 Å². The number of hydrogen-bond acceptors (Lipinski definition) is 6. The summed E-state index contributed by atoms with van der Waals surface area (Å²) in [7, 11) is 0. The Bertz CT molecular complexity index is 937. The Hall–Kier alpha value is -3.71. The minimum absolute atomic E-state index is 0.275. The van der Waals surface area contributed by atoms with Gasteiger partial charge in [0.15, 0.2) is 0 Å². The van der Waals surface area contributed by atoms with Gasteiger partial charge in [0, 0.05) is 23.7 Å². The van der Waals surface area contributed by atoms with E-state index in [4.69, 9.17) is 10.7 Å². The first-order valence-electron chi connectivity index (χ1n) is 8.74. The highest BCUT2D eigenvalue weighted by Gasteiger charge is 2.24. The van der Waals surface area contributed by atoms with E-state index in [-0.39, 0.29) is 12.1 Å². The predicted molar refractivity (Wildman–Crippen MR) is 107 cm³/mol. The number of carbonyl (C=O) groups is 1. The second kappa shape index (κ2) is 8.79. The highest BCUT2D eigenvalue weighted by Crippen LogP contribution is 2.27. The zero-order valence-electron chi connectivity index (χ0n) is 16.0. The highest BCUT2D eigenvalue weighted by atomic mass is 16.1. The number of aromatic nitrogens is 1. The highest BCUT2D eigenvalue weighted by molar-refractivity contribution is 5.86. The van der Waals surface area contributed by atoms with Crippen molar-refractivity contribution in [1.29, 1.82) is 15.9 Å². The van der Waals surface area contributed by atoms with Crippen LogP contribution in [0.4, 0.5) is 5.69 Å². The summed E-state index contributed by atoms with van der Waals surface area (Å²) in [6.07, 6.45) is 3.49. The van der Waals surface area contributed by atoms with Crippen molar-refractivity contribution in [3.63, 3.8) is 0 Å². The van der Waals surface area contributed by atoms with Gasteiger partial charge in [0.25, 0.3) is 0 Å². The molecule has 0 aliphatic carbocycles. The molecular weight excluding hydrogens is 352 g/mol. The lowest BCUT2D eigenvalue weighted by atomic mass is 9.90. The number of amides is 1. The number of carbonyl (C=O) groups excluding carboxylic acids is 1. The molecule has 1 aromatic carbocycles. The molecule has 0 aliphatic rings. The van der Waals surface area contributed by atoms with Crippen LogP contribution in [0.25, 0.3) is 0 Å². The molecule has 7 nitrogen and oxygen atoms in total. The molecule has 0 radical (unpaired) electrons. The number of benzene rings is 1. The molecule has 2 atom stereocenters. The van der Waals surface area contributed by atoms with Crippen LogP contribution < -0.4 is 10.6 Å². The maximum atomic E-state index is 11.0. The van der Waals surface area contributed by atoms with Crippen molar-refractivity contribution in [3.05, 3.63) is 58.9 Å². The molecule has 0 spiro atoms. The predicted octanol–water partition coefficient (Wildman–Crippen LogP) is 3.04. The summed E-state index contributed by atoms with van der Waals surface area (Å²) < 4.78 is 0. The Kier molecular flexibility index (Phi) is 6.46. The third-order valence-corrected chi connectivity index (χ3v) is 4.54. The Morgan fingerprint density at radius 2 is 2.00 bits per heavy atom. The van der Waals surface area contributed by atoms with Crippen molar-refractivity contribution in [2.45, 2.75) is 38.3 Å². The first kappa shape index (κ1) is 20.6. The lowest BCUT2D eigenvalue weighted by Gasteiger charge is -2.27. The van der Waals surface area contributed by atoms with Gasteiger partial charge in [-0.1, -0.05) is 6.07 Å². The normalized spacial score (nSPS) is 12.8. The average molecular weight is 374 g/mol. The largest absolute Gasteiger partial charge is 0.376 e. The number of anilines is 1. The van der Waals surface area contributed by atoms with E-state index in [0.717, 1.165) is 5.56 Å². The third kappa shape index (κ3) is 4.52. The van der Waals surface area contributed by atoms with E-state index in [9.17, 15) is 10.1 Å². The number of pyridine rings is 1. The van der Waals surface area contributed by atoms with Crippen LogP contribution in [0.3, 0.4) is 0 Å². The maximum Gasteiger partial charge on any atom is 0.207 e. The smallest absolute Gasteiger partial charge is 0.207 e. The molecule has 0 bridgehead atoms. The lowest BCUT2D eigenvalue weighted by Crippen LogP contribution is -2.35. The van der Waals surface area contributed by atoms with Gasteiger partial charge < -0.3 is 16.0 Å². The van der Waals surface area contributed by atoms with Gasteiger partial charge in [0.1, 0.15) is 0 Å². The summed E-state index contributed by atoms with van der Waals surface area (Å²) in [6, 6.07) is 12.4. The summed E-state index contributed by atoms with van der Waals surface area (Å²) in [5.74, 6) is 0. The molecule has 0 aliphatic heterocycles. The summed E-state index contributed by atoms with van der Waals surface area (Å²) in [4.78, 5) is 15.4. The SMILES string of the molecule is CC(NC=O)[C@H](Nc1ccc(C#N)cc1C=N)c1ccc(C(C)(C)C#N)nc1. The maximum absolute atomic E-state index is 11.0. The first-order chi connectivity index (χ1) is 13.4. The summed E-state index contributed by atoms with van der Waals surface area (Å²) in [6.45, 7) is 5.45. The van der Waals surface area contributed by atoms with E-state index in [1.165, 1.54) is 6.21 Å². The monoisotopic (exact) mass is 374 g/mol. The van der Waals surface area contributed by atoms with Crippen molar-refractivity contribution in [2.24, 2.45) is 0 Å². The van der Waals surface area contributed by atoms with Gasteiger partial charge in [-0.25, -0.2) is 0 Å². The molecule has 1 unspecified atom stereocenters. The Balaban J connectivity index is 2.41. The van der Waals surface area contributed by atoms with Crippen molar-refractivity contribution in [2.75, 3.05) is 5.32 Å². The molecule has 1 aromatic heterocycles. The minimum Gasteiger partial charge on any atom is -0.376 e. The van der Waals surface area contributed by atoms with E-state index >= 15 is 0 Å². The molecule has 1 heterocycles. The molecule has 7 heteroatoms. The van der Waals surface area contributed by atoms with Gasteiger partial charge in [-0.3, -0.25) is 9.78 Å². The molecule has 142 valence electrons. The minimum atomic E-state index is -0.700. The average Bonchev–Trinajstić information content (AvgIpc) is 2.72. The topological polar surface area (TPSA) is 125 Å². The van der Waals surface area contributed by atoms with Crippen molar-refractivity contribution in [1.82, 2.24) is 10.3 Å². The van der Waals surface area contributed by atoms with Gasteiger partial charge in [0.05, 0.1) is 40.9 Å². The lowest BCUT2D eigenvalue weighted by molar-refractivity contribution is -0.110. The summed E-state index contributed by atoms with van der Waals surface area (Å²) >= 11 is 0. The van der Waals surface area contributed by atoms with Crippen LogP contribution in [0.15, 0.2) is 36.5 Å². The fourth-order valence-corrected chi connectivity index (χ4v) is 2.77. The van der Waals surface area contributed by atoms with E-state index in [1.54, 1.807) is 44.3 Å². The second-order valence-corrected chi connectivity index (χ2v) is 6.97. The van der Waals surface area contributed by atoms with Crippen molar-refractivity contribution < 1.29 is 4.79 Å². The quantitative estimate of drug-likeness (QED) is 0.484. The van der Waals surface area contributed by atoms with Crippen LogP contribution in [0.5, 0.6) is 0 Å². The number of hydrogen-bond donors (Lipinski definition) is 3. The number of nitrogens with one attached hydrogen (secondary N) is 3. The van der Waals surface area contributed by atoms with Gasteiger partial charge in [-0.15, -0.1) is 0 Å². The zero-order chi connectivity index (χ0) is 20.7. The zero-order valence-corrected chi connectivity index (χ0v) is 16.0. The van der Waals surface area contributed by atoms with Crippen LogP contribution in [0, 0.1) is 28.1 Å². The summed E-state index contributed by atoms with van der Waals surface area (Å²) in [5, 5.41) is 32.0. The summed E-state index contributed by atoms with van der Waals surface area (Å²) in [5.41, 5.74) is 2.47. The fourth-order valence-electron chi connectivity index (χ4n) is 2.77. The second-order valence-electron chi connectivity index (χ2n) is 6.97. The van der Waals surface area contributed by atoms with Crippen LogP contribution >= 0.6 is 0 Å². The number of nitrogens with zero attached hydrogens (tertiary/aromatic N) is 3. The van der Waals surface area contributed by atoms with Crippen molar-refractivity contribution in [3.8, 4) is 12.1 Å². The molecular formula is C21H22N6O. The van der Waals surface area contributed by atoms with E-state index in [2.05, 4.69) is 27.8 Å². The Morgan fingerprint density at radius 3 is 2.54 bits per heavy atom. The van der Waals surface area contributed by atoms with E-state index in [1.807, 2.05) is 13.0 Å². The molecule has 2 rings (SSSR count). The van der Waals surface area contributed by atoms with Crippen LogP contribution in [0.1, 0.15) is 49.2 Å². The molecule has 28 heavy (non-hydrogen) atoms. The number of rotatable bonds is 8.